The van der Waals surface area contributed by atoms with Gasteiger partial charge in [-0.3, -0.25) is 0 Å². The molecule has 4 rings (SSSR count). The van der Waals surface area contributed by atoms with Crippen LogP contribution in [0.4, 0.5) is 0 Å². The molecule has 0 amide bonds. The maximum Gasteiger partial charge on any atom is 0.336 e. The van der Waals surface area contributed by atoms with Crippen molar-refractivity contribution < 1.29 is 32.9 Å². The third-order valence-electron chi connectivity index (χ3n) is 5.71. The Labute approximate surface area is 196 Å². The van der Waals surface area contributed by atoms with Crippen molar-refractivity contribution in [2.75, 3.05) is 21.3 Å². The van der Waals surface area contributed by atoms with Crippen molar-refractivity contribution in [1.29, 1.82) is 0 Å². The van der Waals surface area contributed by atoms with Crippen LogP contribution >= 0.6 is 0 Å². The standard InChI is InChI=1S/C26H26O8/c1-26(2)22(13-17-12-16-7-9-23(27)32-18(16)14-19(17)34-26)33-24(28)8-6-15-10-20(29-3)25(31-5)21(11-15)30-4/h6-12,14,22H,13H2,1-5H3/b8-6+. The van der Waals surface area contributed by atoms with Crippen LogP contribution in [0.3, 0.4) is 0 Å². The van der Waals surface area contributed by atoms with Crippen LogP contribution < -0.4 is 24.6 Å². The highest BCUT2D eigenvalue weighted by molar-refractivity contribution is 5.87. The average Bonchev–Trinajstić information content (AvgIpc) is 2.81. The summed E-state index contributed by atoms with van der Waals surface area (Å²) >= 11 is 0. The number of hydrogen-bond acceptors (Lipinski definition) is 8. The summed E-state index contributed by atoms with van der Waals surface area (Å²) in [5, 5.41) is 0.772. The highest BCUT2D eigenvalue weighted by Crippen LogP contribution is 2.39. The van der Waals surface area contributed by atoms with E-state index in [4.69, 9.17) is 28.1 Å². The van der Waals surface area contributed by atoms with E-state index in [1.54, 1.807) is 30.3 Å². The van der Waals surface area contributed by atoms with Gasteiger partial charge in [-0.1, -0.05) is 0 Å². The van der Waals surface area contributed by atoms with E-state index in [1.807, 2.05) is 19.9 Å². The van der Waals surface area contributed by atoms with Crippen molar-refractivity contribution in [2.45, 2.75) is 32.0 Å². The molecule has 1 atom stereocenters. The van der Waals surface area contributed by atoms with E-state index in [0.717, 1.165) is 10.9 Å². The molecule has 0 spiro atoms. The lowest BCUT2D eigenvalue weighted by Crippen LogP contribution is -2.48. The maximum atomic E-state index is 12.7. The zero-order chi connectivity index (χ0) is 24.5. The summed E-state index contributed by atoms with van der Waals surface area (Å²) in [4.78, 5) is 24.2. The fourth-order valence-electron chi connectivity index (χ4n) is 3.92. The highest BCUT2D eigenvalue weighted by Gasteiger charge is 2.39. The quantitative estimate of drug-likeness (QED) is 0.304. The summed E-state index contributed by atoms with van der Waals surface area (Å²) < 4.78 is 33.2. The van der Waals surface area contributed by atoms with E-state index in [-0.39, 0.29) is 0 Å². The summed E-state index contributed by atoms with van der Waals surface area (Å²) in [7, 11) is 4.58. The van der Waals surface area contributed by atoms with E-state index >= 15 is 0 Å². The summed E-state index contributed by atoms with van der Waals surface area (Å²) in [6.45, 7) is 3.70. The molecular weight excluding hydrogens is 440 g/mol. The summed E-state index contributed by atoms with van der Waals surface area (Å²) in [5.74, 6) is 1.53. The maximum absolute atomic E-state index is 12.7. The van der Waals surface area contributed by atoms with Gasteiger partial charge in [-0.15, -0.1) is 0 Å². The van der Waals surface area contributed by atoms with Crippen molar-refractivity contribution in [3.8, 4) is 23.0 Å². The monoisotopic (exact) mass is 466 g/mol. The van der Waals surface area contributed by atoms with Gasteiger partial charge in [-0.05, 0) is 55.3 Å². The molecule has 0 fully saturated rings. The first-order chi connectivity index (χ1) is 16.2. The fourth-order valence-corrected chi connectivity index (χ4v) is 3.92. The van der Waals surface area contributed by atoms with Crippen LogP contribution in [0.25, 0.3) is 17.0 Å². The molecule has 8 nitrogen and oxygen atoms in total. The number of hydrogen-bond donors (Lipinski definition) is 0. The number of carbonyl (C=O) groups is 1. The van der Waals surface area contributed by atoms with Crippen LogP contribution in [0.1, 0.15) is 25.0 Å². The Morgan fingerprint density at radius 3 is 2.38 bits per heavy atom. The third kappa shape index (κ3) is 4.57. The normalized spacial score (nSPS) is 16.6. The molecule has 0 bridgehead atoms. The first-order valence-corrected chi connectivity index (χ1v) is 10.7. The number of rotatable bonds is 6. The van der Waals surface area contributed by atoms with Crippen LogP contribution in [-0.2, 0) is 16.0 Å². The molecule has 178 valence electrons. The van der Waals surface area contributed by atoms with Crippen molar-refractivity contribution in [3.05, 3.63) is 64.0 Å². The van der Waals surface area contributed by atoms with Gasteiger partial charge in [0.1, 0.15) is 23.0 Å². The van der Waals surface area contributed by atoms with Gasteiger partial charge in [0.25, 0.3) is 0 Å². The first-order valence-electron chi connectivity index (χ1n) is 10.7. The van der Waals surface area contributed by atoms with Crippen LogP contribution in [0, 0.1) is 0 Å². The second-order valence-electron chi connectivity index (χ2n) is 8.38. The van der Waals surface area contributed by atoms with E-state index in [2.05, 4.69) is 0 Å². The molecule has 0 N–H and O–H groups in total. The minimum atomic E-state index is -0.786. The second-order valence-corrected chi connectivity index (χ2v) is 8.38. The molecule has 8 heteroatoms. The Kier molecular flexibility index (Phi) is 6.24. The topological polar surface area (TPSA) is 93.4 Å². The minimum absolute atomic E-state index is 0.423. The fraction of sp³-hybridized carbons (Fsp3) is 0.308. The lowest BCUT2D eigenvalue weighted by molar-refractivity contribution is -0.155. The largest absolute Gasteiger partial charge is 0.493 e. The van der Waals surface area contributed by atoms with Gasteiger partial charge in [-0.2, -0.15) is 0 Å². The molecular formula is C26H26O8. The molecule has 34 heavy (non-hydrogen) atoms. The van der Waals surface area contributed by atoms with E-state index < -0.39 is 23.3 Å². The summed E-state index contributed by atoms with van der Waals surface area (Å²) in [5.41, 5.74) is 0.793. The molecule has 0 aliphatic carbocycles. The zero-order valence-electron chi connectivity index (χ0n) is 19.7. The Morgan fingerprint density at radius 2 is 1.74 bits per heavy atom. The van der Waals surface area contributed by atoms with Gasteiger partial charge in [-0.25, -0.2) is 9.59 Å². The zero-order valence-corrected chi connectivity index (χ0v) is 19.7. The molecule has 1 unspecified atom stereocenters. The molecule has 0 saturated heterocycles. The van der Waals surface area contributed by atoms with Crippen LogP contribution in [0.15, 0.2) is 51.7 Å². The lowest BCUT2D eigenvalue weighted by Gasteiger charge is -2.39. The molecule has 1 aliphatic heterocycles. The number of carbonyl (C=O) groups excluding carboxylic acids is 1. The SMILES string of the molecule is COc1cc(/C=C/C(=O)OC2Cc3cc4ccc(=O)oc4cc3OC2(C)C)cc(OC)c1OC. The number of fused-ring (bicyclic) bond motifs is 2. The Morgan fingerprint density at radius 1 is 1.03 bits per heavy atom. The minimum Gasteiger partial charge on any atom is -0.493 e. The van der Waals surface area contributed by atoms with E-state index in [9.17, 15) is 9.59 Å². The predicted octanol–water partition coefficient (Wildman–Crippen LogP) is 4.16. The van der Waals surface area contributed by atoms with Gasteiger partial charge in [0.05, 0.1) is 21.3 Å². The van der Waals surface area contributed by atoms with Crippen LogP contribution in [0.5, 0.6) is 23.0 Å². The third-order valence-corrected chi connectivity index (χ3v) is 5.71. The number of methoxy groups -OCH3 is 3. The van der Waals surface area contributed by atoms with Crippen molar-refractivity contribution in [1.82, 2.24) is 0 Å². The smallest absolute Gasteiger partial charge is 0.336 e. The van der Waals surface area contributed by atoms with Gasteiger partial charge >= 0.3 is 11.6 Å². The highest BCUT2D eigenvalue weighted by atomic mass is 16.6. The molecule has 0 saturated carbocycles. The average molecular weight is 466 g/mol. The second kappa shape index (κ2) is 9.13. The van der Waals surface area contributed by atoms with E-state index in [0.29, 0.717) is 40.6 Å². The predicted molar refractivity (Wildman–Crippen MR) is 126 cm³/mol. The molecule has 1 aliphatic rings. The lowest BCUT2D eigenvalue weighted by atomic mass is 9.90. The Hall–Kier alpha value is -3.94. The number of benzene rings is 2. The van der Waals surface area contributed by atoms with Crippen molar-refractivity contribution >= 4 is 23.0 Å². The first kappa shape index (κ1) is 23.2. The molecule has 1 aromatic heterocycles. The Bertz CT molecular complexity index is 1290. The Balaban J connectivity index is 1.54. The van der Waals surface area contributed by atoms with Crippen molar-refractivity contribution in [3.63, 3.8) is 0 Å². The molecule has 0 radical (unpaired) electrons. The molecule has 3 aromatic rings. The van der Waals surface area contributed by atoms with Gasteiger partial charge in [0.15, 0.2) is 11.5 Å². The van der Waals surface area contributed by atoms with Gasteiger partial charge < -0.3 is 28.1 Å². The van der Waals surface area contributed by atoms with E-state index in [1.165, 1.54) is 33.5 Å². The molecule has 2 heterocycles. The molecule has 2 aromatic carbocycles. The summed E-state index contributed by atoms with van der Waals surface area (Å²) in [6.07, 6.45) is 2.90. The van der Waals surface area contributed by atoms with Crippen LogP contribution in [0.2, 0.25) is 0 Å². The number of ether oxygens (including phenoxy) is 5. The van der Waals surface area contributed by atoms with Gasteiger partial charge in [0, 0.05) is 30.0 Å². The van der Waals surface area contributed by atoms with Crippen molar-refractivity contribution in [2.24, 2.45) is 0 Å². The number of esters is 1. The summed E-state index contributed by atoms with van der Waals surface area (Å²) in [6, 6.07) is 10.1. The van der Waals surface area contributed by atoms with Crippen LogP contribution in [-0.4, -0.2) is 39.0 Å². The van der Waals surface area contributed by atoms with Gasteiger partial charge in [0.2, 0.25) is 5.75 Å².